The molecule has 1 amide bonds. The molecule has 0 aliphatic carbocycles. The largest absolute Gasteiger partial charge is 0.361 e. The average Bonchev–Trinajstić information content (AvgIpc) is 2.06. The van der Waals surface area contributed by atoms with Crippen LogP contribution in [-0.4, -0.2) is 16.9 Å². The zero-order valence-corrected chi connectivity index (χ0v) is 6.27. The number of rotatable bonds is 2. The number of carbonyl (C=O) groups excluding carboxylic acids is 1. The van der Waals surface area contributed by atoms with E-state index in [-0.39, 0.29) is 0 Å². The number of benzene rings is 1. The van der Waals surface area contributed by atoms with Crippen LogP contribution in [0.25, 0.3) is 5.53 Å². The number of hydrogen-bond donors (Lipinski definition) is 1. The van der Waals surface area contributed by atoms with Crippen LogP contribution in [0.4, 0.5) is 5.69 Å². The molecule has 0 saturated heterocycles. The molecule has 4 heteroatoms. The lowest BCUT2D eigenvalue weighted by Gasteiger charge is -1.96. The molecule has 0 saturated carbocycles. The van der Waals surface area contributed by atoms with Gasteiger partial charge in [-0.1, -0.05) is 18.2 Å². The summed E-state index contributed by atoms with van der Waals surface area (Å²) in [5.74, 6) is -0.455. The molecular weight excluding hydrogens is 154 g/mol. The van der Waals surface area contributed by atoms with Gasteiger partial charge in [0.15, 0.2) is 0 Å². The fraction of sp³-hybridized carbons (Fsp3) is 0. The first kappa shape index (κ1) is 8.17. The van der Waals surface area contributed by atoms with Crippen molar-refractivity contribution in [2.45, 2.75) is 0 Å². The highest BCUT2D eigenvalue weighted by Crippen LogP contribution is 2.03. The smallest absolute Gasteiger partial charge is 0.344 e. The first-order chi connectivity index (χ1) is 5.83. The highest BCUT2D eigenvalue weighted by atomic mass is 16.1. The summed E-state index contributed by atoms with van der Waals surface area (Å²) in [5, 5.41) is 2.49. The van der Waals surface area contributed by atoms with E-state index < -0.39 is 5.91 Å². The van der Waals surface area contributed by atoms with Gasteiger partial charge in [-0.05, 0) is 12.1 Å². The van der Waals surface area contributed by atoms with Crippen molar-refractivity contribution >= 4 is 17.8 Å². The molecule has 0 spiro atoms. The molecule has 0 aliphatic heterocycles. The maximum atomic E-state index is 10.8. The van der Waals surface area contributed by atoms with Crippen LogP contribution in [0.5, 0.6) is 0 Å². The van der Waals surface area contributed by atoms with Crippen molar-refractivity contribution in [3.63, 3.8) is 0 Å². The van der Waals surface area contributed by atoms with Gasteiger partial charge in [-0.3, -0.25) is 4.79 Å². The summed E-state index contributed by atoms with van der Waals surface area (Å²) in [6.07, 6.45) is 0.799. The monoisotopic (exact) mass is 161 g/mol. The number of amides is 1. The molecule has 1 N–H and O–H groups in total. The molecule has 0 aromatic heterocycles. The standard InChI is InChI=1S/C8H7N3O/c9-10-6-8(12)11-7-4-2-1-3-5-7/h1-6H,(H,11,12). The molecule has 0 unspecified atom stereocenters. The molecular formula is C8H7N3O. The zero-order chi connectivity index (χ0) is 8.81. The van der Waals surface area contributed by atoms with Crippen LogP contribution in [0.2, 0.25) is 0 Å². The summed E-state index contributed by atoms with van der Waals surface area (Å²) in [5.41, 5.74) is 8.69. The second kappa shape index (κ2) is 4.05. The Hall–Kier alpha value is -1.93. The van der Waals surface area contributed by atoms with Crippen molar-refractivity contribution in [3.8, 4) is 0 Å². The maximum Gasteiger partial charge on any atom is 0.344 e. The van der Waals surface area contributed by atoms with E-state index in [0.29, 0.717) is 5.69 Å². The normalized spacial score (nSPS) is 8.33. The molecule has 4 nitrogen and oxygen atoms in total. The molecule has 0 bridgehead atoms. The van der Waals surface area contributed by atoms with Crippen LogP contribution >= 0.6 is 0 Å². The van der Waals surface area contributed by atoms with Gasteiger partial charge in [0.25, 0.3) is 0 Å². The maximum absolute atomic E-state index is 10.8. The number of hydrogen-bond acceptors (Lipinski definition) is 1. The van der Waals surface area contributed by atoms with Gasteiger partial charge in [-0.25, -0.2) is 0 Å². The Morgan fingerprint density at radius 2 is 2.08 bits per heavy atom. The quantitative estimate of drug-likeness (QED) is 0.391. The Balaban J connectivity index is 2.64. The zero-order valence-electron chi connectivity index (χ0n) is 6.27. The van der Waals surface area contributed by atoms with Gasteiger partial charge in [0.2, 0.25) is 0 Å². The predicted molar refractivity (Wildman–Crippen MR) is 44.8 cm³/mol. The molecule has 1 rings (SSSR count). The second-order valence-corrected chi connectivity index (χ2v) is 2.10. The highest BCUT2D eigenvalue weighted by molar-refractivity contribution is 6.29. The summed E-state index contributed by atoms with van der Waals surface area (Å²) < 4.78 is 0. The number of nitrogens with one attached hydrogen (secondary N) is 1. The van der Waals surface area contributed by atoms with Crippen molar-refractivity contribution in [1.82, 2.24) is 0 Å². The van der Waals surface area contributed by atoms with Crippen LogP contribution < -0.4 is 5.32 Å². The van der Waals surface area contributed by atoms with Gasteiger partial charge < -0.3 is 10.8 Å². The highest BCUT2D eigenvalue weighted by Gasteiger charge is 2.00. The Bertz CT molecular complexity index is 314. The van der Waals surface area contributed by atoms with E-state index in [9.17, 15) is 4.79 Å². The second-order valence-electron chi connectivity index (χ2n) is 2.10. The SMILES string of the molecule is [N-]=[N+]=CC(=O)Nc1ccccc1. The third-order valence-corrected chi connectivity index (χ3v) is 1.22. The molecule has 0 aliphatic rings. The van der Waals surface area contributed by atoms with E-state index in [0.717, 1.165) is 6.21 Å². The Morgan fingerprint density at radius 1 is 1.42 bits per heavy atom. The lowest BCUT2D eigenvalue weighted by Crippen LogP contribution is -2.12. The van der Waals surface area contributed by atoms with E-state index in [1.165, 1.54) is 0 Å². The molecule has 1 aromatic carbocycles. The number of para-hydroxylation sites is 1. The van der Waals surface area contributed by atoms with Crippen molar-refractivity contribution in [1.29, 1.82) is 0 Å². The van der Waals surface area contributed by atoms with Gasteiger partial charge in [0.05, 0.1) is 0 Å². The minimum atomic E-state index is -0.455. The summed E-state index contributed by atoms with van der Waals surface area (Å²) in [6, 6.07) is 8.92. The topological polar surface area (TPSA) is 65.5 Å². The lowest BCUT2D eigenvalue weighted by molar-refractivity contribution is -0.113. The van der Waals surface area contributed by atoms with Crippen molar-refractivity contribution < 1.29 is 9.58 Å². The van der Waals surface area contributed by atoms with Crippen LogP contribution in [0, 0.1) is 0 Å². The summed E-state index contributed by atoms with van der Waals surface area (Å²) in [7, 11) is 0. The summed E-state index contributed by atoms with van der Waals surface area (Å²) in [6.45, 7) is 0. The van der Waals surface area contributed by atoms with E-state index in [2.05, 4.69) is 10.1 Å². The van der Waals surface area contributed by atoms with E-state index in [1.807, 2.05) is 6.07 Å². The number of carbonyl (C=O) groups is 1. The van der Waals surface area contributed by atoms with E-state index >= 15 is 0 Å². The Morgan fingerprint density at radius 3 is 2.67 bits per heavy atom. The fourth-order valence-corrected chi connectivity index (χ4v) is 0.748. The van der Waals surface area contributed by atoms with Crippen molar-refractivity contribution in [2.75, 3.05) is 5.32 Å². The molecule has 0 radical (unpaired) electrons. The van der Waals surface area contributed by atoms with Gasteiger partial charge in [0.1, 0.15) is 0 Å². The first-order valence-electron chi connectivity index (χ1n) is 3.36. The van der Waals surface area contributed by atoms with Crippen LogP contribution in [0.1, 0.15) is 0 Å². The molecule has 60 valence electrons. The predicted octanol–water partition coefficient (Wildman–Crippen LogP) is 0.926. The van der Waals surface area contributed by atoms with E-state index in [1.54, 1.807) is 24.3 Å². The van der Waals surface area contributed by atoms with Crippen LogP contribution in [0.15, 0.2) is 30.3 Å². The third-order valence-electron chi connectivity index (χ3n) is 1.22. The number of nitrogens with zero attached hydrogens (tertiary/aromatic N) is 2. The van der Waals surface area contributed by atoms with Crippen molar-refractivity contribution in [3.05, 3.63) is 35.9 Å². The Labute approximate surface area is 69.5 Å². The molecule has 1 aromatic rings. The minimum Gasteiger partial charge on any atom is -0.361 e. The van der Waals surface area contributed by atoms with E-state index in [4.69, 9.17) is 5.53 Å². The fourth-order valence-electron chi connectivity index (χ4n) is 0.748. The average molecular weight is 161 g/mol. The summed E-state index contributed by atoms with van der Waals surface area (Å²) >= 11 is 0. The molecule has 12 heavy (non-hydrogen) atoms. The molecule has 0 fully saturated rings. The van der Waals surface area contributed by atoms with Gasteiger partial charge in [-0.15, -0.1) is 0 Å². The van der Waals surface area contributed by atoms with Gasteiger partial charge in [-0.2, -0.15) is 4.79 Å². The lowest BCUT2D eigenvalue weighted by atomic mass is 10.3. The van der Waals surface area contributed by atoms with Gasteiger partial charge in [0, 0.05) is 5.69 Å². The summed E-state index contributed by atoms with van der Waals surface area (Å²) in [4.78, 5) is 13.4. The Kier molecular flexibility index (Phi) is 2.76. The molecule has 0 atom stereocenters. The van der Waals surface area contributed by atoms with Crippen LogP contribution in [0.3, 0.4) is 0 Å². The minimum absolute atomic E-state index is 0.455. The number of anilines is 1. The van der Waals surface area contributed by atoms with Gasteiger partial charge >= 0.3 is 12.1 Å². The van der Waals surface area contributed by atoms with Crippen LogP contribution in [-0.2, 0) is 4.79 Å². The third kappa shape index (κ3) is 2.36. The van der Waals surface area contributed by atoms with Crippen molar-refractivity contribution in [2.24, 2.45) is 0 Å². The molecule has 0 heterocycles. The first-order valence-corrected chi connectivity index (χ1v) is 3.36.